The first-order valence-electron chi connectivity index (χ1n) is 3.29. The first kappa shape index (κ1) is 4.98. The van der Waals surface area contributed by atoms with Crippen molar-refractivity contribution in [2.75, 3.05) is 0 Å². The second-order valence-corrected chi connectivity index (χ2v) is 2.49. The summed E-state index contributed by atoms with van der Waals surface area (Å²) in [6.07, 6.45) is 7.39. The Hall–Kier alpha value is -0.850. The van der Waals surface area contributed by atoms with Crippen molar-refractivity contribution < 1.29 is 0 Å². The van der Waals surface area contributed by atoms with E-state index >= 15 is 0 Å². The highest BCUT2D eigenvalue weighted by Crippen LogP contribution is 2.39. The van der Waals surface area contributed by atoms with Crippen molar-refractivity contribution in [1.29, 1.82) is 0 Å². The van der Waals surface area contributed by atoms with E-state index in [1.54, 1.807) is 0 Å². The van der Waals surface area contributed by atoms with Crippen molar-refractivity contribution >= 4 is 0 Å². The SMILES string of the molecule is [c]1ccc(C2CC2)cn1. The number of rotatable bonds is 1. The maximum atomic E-state index is 3.92. The van der Waals surface area contributed by atoms with E-state index in [2.05, 4.69) is 17.2 Å². The molecule has 0 amide bonds. The maximum absolute atomic E-state index is 3.92. The lowest BCUT2D eigenvalue weighted by Gasteiger charge is -1.91. The minimum Gasteiger partial charge on any atom is -0.254 e. The molecule has 0 atom stereocenters. The molecule has 1 heteroatoms. The molecule has 1 heterocycles. The molecule has 1 nitrogen and oxygen atoms in total. The van der Waals surface area contributed by atoms with E-state index in [0.29, 0.717) is 0 Å². The van der Waals surface area contributed by atoms with Gasteiger partial charge in [0.05, 0.1) is 6.20 Å². The molecule has 1 aromatic rings. The van der Waals surface area contributed by atoms with Gasteiger partial charge in [0.15, 0.2) is 0 Å². The van der Waals surface area contributed by atoms with E-state index in [0.717, 1.165) is 5.92 Å². The third kappa shape index (κ3) is 0.947. The van der Waals surface area contributed by atoms with Crippen molar-refractivity contribution in [3.05, 3.63) is 30.1 Å². The second-order valence-electron chi connectivity index (χ2n) is 2.49. The van der Waals surface area contributed by atoms with Crippen LogP contribution in [0.15, 0.2) is 18.3 Å². The molecule has 1 aliphatic carbocycles. The predicted octanol–water partition coefficient (Wildman–Crippen LogP) is 1.76. The fourth-order valence-corrected chi connectivity index (χ4v) is 0.990. The minimum absolute atomic E-state index is 0.826. The molecule has 9 heavy (non-hydrogen) atoms. The Labute approximate surface area is 54.7 Å². The zero-order chi connectivity index (χ0) is 6.10. The Bertz CT molecular complexity index is 189. The molecule has 0 saturated heterocycles. The lowest BCUT2D eigenvalue weighted by Crippen LogP contribution is -1.78. The molecule has 0 N–H and O–H groups in total. The molecule has 45 valence electrons. The fraction of sp³-hybridized carbons (Fsp3) is 0.375. The van der Waals surface area contributed by atoms with Crippen molar-refractivity contribution in [2.24, 2.45) is 0 Å². The summed E-state index contributed by atoms with van der Waals surface area (Å²) in [4.78, 5) is 3.92. The lowest BCUT2D eigenvalue weighted by atomic mass is 10.2. The lowest BCUT2D eigenvalue weighted by molar-refractivity contribution is 1.09. The van der Waals surface area contributed by atoms with Gasteiger partial charge in [-0.05, 0) is 30.4 Å². The van der Waals surface area contributed by atoms with Crippen LogP contribution in [0.5, 0.6) is 0 Å². The Morgan fingerprint density at radius 2 is 2.44 bits per heavy atom. The summed E-state index contributed by atoms with van der Waals surface area (Å²) in [5, 5.41) is 0. The zero-order valence-corrected chi connectivity index (χ0v) is 5.17. The molecular weight excluding hydrogens is 110 g/mol. The van der Waals surface area contributed by atoms with E-state index in [-0.39, 0.29) is 0 Å². The highest BCUT2D eigenvalue weighted by molar-refractivity contribution is 5.18. The van der Waals surface area contributed by atoms with Crippen molar-refractivity contribution in [3.8, 4) is 0 Å². The standard InChI is InChI=1S/C8H8N/c1-2-8(6-9-5-1)7-3-4-7/h1-2,6-7H,3-4H2. The Balaban J connectivity index is 2.29. The van der Waals surface area contributed by atoms with Crippen LogP contribution in [0.4, 0.5) is 0 Å². The fourth-order valence-electron chi connectivity index (χ4n) is 0.990. The van der Waals surface area contributed by atoms with Crippen LogP contribution in [0.25, 0.3) is 0 Å². The van der Waals surface area contributed by atoms with Crippen LogP contribution < -0.4 is 0 Å². The van der Waals surface area contributed by atoms with Crippen LogP contribution in [0, 0.1) is 6.20 Å². The van der Waals surface area contributed by atoms with Gasteiger partial charge >= 0.3 is 0 Å². The largest absolute Gasteiger partial charge is 0.254 e. The van der Waals surface area contributed by atoms with E-state index in [9.17, 15) is 0 Å². The molecule has 0 aliphatic heterocycles. The normalized spacial score (nSPS) is 17.8. The number of hydrogen-bond acceptors (Lipinski definition) is 1. The number of hydrogen-bond donors (Lipinski definition) is 0. The molecule has 1 aromatic heterocycles. The van der Waals surface area contributed by atoms with Crippen LogP contribution >= 0.6 is 0 Å². The monoisotopic (exact) mass is 118 g/mol. The van der Waals surface area contributed by atoms with Crippen molar-refractivity contribution in [3.63, 3.8) is 0 Å². The van der Waals surface area contributed by atoms with Crippen LogP contribution in [-0.2, 0) is 0 Å². The van der Waals surface area contributed by atoms with Gasteiger partial charge in [0.1, 0.15) is 0 Å². The van der Waals surface area contributed by atoms with Gasteiger partial charge in [-0.3, -0.25) is 4.98 Å². The molecule has 0 unspecified atom stereocenters. The van der Waals surface area contributed by atoms with Gasteiger partial charge in [0, 0.05) is 6.20 Å². The van der Waals surface area contributed by atoms with E-state index in [4.69, 9.17) is 0 Å². The smallest absolute Gasteiger partial charge is 0.0886 e. The minimum atomic E-state index is 0.826. The van der Waals surface area contributed by atoms with Crippen LogP contribution in [0.3, 0.4) is 0 Å². The summed E-state index contributed by atoms with van der Waals surface area (Å²) >= 11 is 0. The molecular formula is C8H8N. The number of pyridine rings is 1. The molecule has 1 saturated carbocycles. The Morgan fingerprint density at radius 1 is 1.56 bits per heavy atom. The maximum Gasteiger partial charge on any atom is 0.0886 e. The van der Waals surface area contributed by atoms with Crippen LogP contribution in [0.2, 0.25) is 0 Å². The average molecular weight is 118 g/mol. The topological polar surface area (TPSA) is 12.9 Å². The molecule has 0 spiro atoms. The summed E-state index contributed by atoms with van der Waals surface area (Å²) in [6.45, 7) is 0. The van der Waals surface area contributed by atoms with Crippen LogP contribution in [0.1, 0.15) is 24.3 Å². The molecule has 1 radical (unpaired) electrons. The van der Waals surface area contributed by atoms with E-state index in [1.807, 2.05) is 12.3 Å². The molecule has 0 aromatic carbocycles. The van der Waals surface area contributed by atoms with Crippen molar-refractivity contribution in [2.45, 2.75) is 18.8 Å². The summed E-state index contributed by atoms with van der Waals surface area (Å²) in [5.74, 6) is 0.826. The van der Waals surface area contributed by atoms with Gasteiger partial charge < -0.3 is 0 Å². The zero-order valence-electron chi connectivity index (χ0n) is 5.17. The first-order chi connectivity index (χ1) is 4.47. The number of nitrogens with zero attached hydrogens (tertiary/aromatic N) is 1. The molecule has 0 bridgehead atoms. The molecule has 1 aliphatic rings. The summed E-state index contributed by atoms with van der Waals surface area (Å²) in [7, 11) is 0. The van der Waals surface area contributed by atoms with Gasteiger partial charge in [-0.15, -0.1) is 0 Å². The quantitative estimate of drug-likeness (QED) is 0.547. The van der Waals surface area contributed by atoms with Crippen molar-refractivity contribution in [1.82, 2.24) is 4.98 Å². The first-order valence-corrected chi connectivity index (χ1v) is 3.29. The third-order valence-electron chi connectivity index (χ3n) is 1.69. The van der Waals surface area contributed by atoms with E-state index in [1.165, 1.54) is 18.4 Å². The second kappa shape index (κ2) is 1.83. The Kier molecular flexibility index (Phi) is 1.01. The van der Waals surface area contributed by atoms with Gasteiger partial charge in [0.25, 0.3) is 0 Å². The summed E-state index contributed by atoms with van der Waals surface area (Å²) in [5.41, 5.74) is 1.38. The summed E-state index contributed by atoms with van der Waals surface area (Å²) < 4.78 is 0. The molecule has 2 rings (SSSR count). The molecule has 1 fully saturated rings. The third-order valence-corrected chi connectivity index (χ3v) is 1.69. The van der Waals surface area contributed by atoms with Gasteiger partial charge in [-0.2, -0.15) is 0 Å². The van der Waals surface area contributed by atoms with Gasteiger partial charge in [0.2, 0.25) is 0 Å². The average Bonchev–Trinajstić information content (AvgIpc) is 2.71. The van der Waals surface area contributed by atoms with E-state index < -0.39 is 0 Å². The highest BCUT2D eigenvalue weighted by Gasteiger charge is 2.22. The highest BCUT2D eigenvalue weighted by atomic mass is 14.6. The van der Waals surface area contributed by atoms with Gasteiger partial charge in [-0.25, -0.2) is 0 Å². The predicted molar refractivity (Wildman–Crippen MR) is 35.0 cm³/mol. The summed E-state index contributed by atoms with van der Waals surface area (Å²) in [6, 6.07) is 3.98. The Morgan fingerprint density at radius 3 is 3.00 bits per heavy atom. The number of aromatic nitrogens is 1. The van der Waals surface area contributed by atoms with Gasteiger partial charge in [-0.1, -0.05) is 6.07 Å². The van der Waals surface area contributed by atoms with Crippen LogP contribution in [-0.4, -0.2) is 4.98 Å².